The van der Waals surface area contributed by atoms with Crippen LogP contribution in [-0.4, -0.2) is 33.7 Å². The lowest BCUT2D eigenvalue weighted by atomic mass is 9.93. The molecule has 4 heteroatoms. The van der Waals surface area contributed by atoms with Crippen LogP contribution in [0.5, 0.6) is 0 Å². The summed E-state index contributed by atoms with van der Waals surface area (Å²) >= 11 is 0. The SMILES string of the molecule is C(=CCCCN1OC(CCCCCCCCc2cccnc2)C2CCCC21)CCCCCCCCc1cccnc1. The monoisotopic (exact) mass is 559 g/mol. The van der Waals surface area contributed by atoms with E-state index in [-0.39, 0.29) is 0 Å². The lowest BCUT2D eigenvalue weighted by Gasteiger charge is -2.21. The number of hydroxylamine groups is 2. The highest BCUT2D eigenvalue weighted by atomic mass is 16.7. The standard InChI is InChI=1S/C37H57N3O/c1(2-4-6-10-14-21-33-23-19-28-38-31-33)3-5-9-13-17-30-40-36-26-18-25-35(36)37(41-40)27-16-12-8-7-11-15-22-34-24-20-29-39-32-34/h5,9,19-20,23-24,28-29,31-32,35-37H,1-4,6-8,10-18,21-22,25-27,30H2. The third-order valence-corrected chi connectivity index (χ3v) is 9.30. The molecule has 0 aromatic carbocycles. The Labute approximate surface area is 251 Å². The van der Waals surface area contributed by atoms with Crippen molar-refractivity contribution in [3.63, 3.8) is 0 Å². The van der Waals surface area contributed by atoms with Crippen LogP contribution in [0.1, 0.15) is 133 Å². The minimum atomic E-state index is 0.485. The van der Waals surface area contributed by atoms with Gasteiger partial charge in [-0.05, 0) is 93.9 Å². The van der Waals surface area contributed by atoms with E-state index in [0.29, 0.717) is 12.1 Å². The van der Waals surface area contributed by atoms with E-state index in [4.69, 9.17) is 4.84 Å². The number of nitrogens with zero attached hydrogens (tertiary/aromatic N) is 3. The molecule has 3 unspecified atom stereocenters. The number of pyridine rings is 2. The molecule has 2 aromatic heterocycles. The fourth-order valence-electron chi connectivity index (χ4n) is 6.95. The Kier molecular flexibility index (Phi) is 15.5. The maximum atomic E-state index is 6.55. The zero-order valence-electron chi connectivity index (χ0n) is 25.8. The van der Waals surface area contributed by atoms with Crippen LogP contribution in [0.2, 0.25) is 0 Å². The topological polar surface area (TPSA) is 38.2 Å². The van der Waals surface area contributed by atoms with Crippen molar-refractivity contribution in [2.24, 2.45) is 5.92 Å². The Bertz CT molecular complexity index is 934. The van der Waals surface area contributed by atoms with E-state index < -0.39 is 0 Å². The Hall–Kier alpha value is -2.04. The largest absolute Gasteiger partial charge is 0.295 e. The van der Waals surface area contributed by atoms with Crippen molar-refractivity contribution in [2.75, 3.05) is 6.54 Å². The number of unbranched alkanes of at least 4 members (excludes halogenated alkanes) is 12. The second-order valence-corrected chi connectivity index (χ2v) is 12.6. The summed E-state index contributed by atoms with van der Waals surface area (Å²) in [4.78, 5) is 15.0. The lowest BCUT2D eigenvalue weighted by Crippen LogP contribution is -2.29. The van der Waals surface area contributed by atoms with Crippen LogP contribution in [0.3, 0.4) is 0 Å². The van der Waals surface area contributed by atoms with Crippen LogP contribution in [0.4, 0.5) is 0 Å². The first kappa shape index (κ1) is 31.9. The van der Waals surface area contributed by atoms with Gasteiger partial charge in [-0.1, -0.05) is 88.5 Å². The average molecular weight is 560 g/mol. The number of hydrogen-bond donors (Lipinski definition) is 0. The fraction of sp³-hybridized carbons (Fsp3) is 0.676. The number of hydrogen-bond acceptors (Lipinski definition) is 4. The minimum absolute atomic E-state index is 0.485. The molecule has 1 saturated carbocycles. The molecular formula is C37H57N3O. The van der Waals surface area contributed by atoms with Crippen LogP contribution < -0.4 is 0 Å². The van der Waals surface area contributed by atoms with Gasteiger partial charge in [0.2, 0.25) is 0 Å². The normalized spacial score (nSPS) is 20.7. The Morgan fingerprint density at radius 2 is 1.27 bits per heavy atom. The first-order valence-electron chi connectivity index (χ1n) is 17.3. The molecule has 0 spiro atoms. The Balaban J connectivity index is 0.951. The maximum absolute atomic E-state index is 6.55. The van der Waals surface area contributed by atoms with Crippen LogP contribution in [0.15, 0.2) is 61.2 Å². The van der Waals surface area contributed by atoms with Crippen LogP contribution in [0.25, 0.3) is 0 Å². The minimum Gasteiger partial charge on any atom is -0.295 e. The molecule has 2 fully saturated rings. The highest BCUT2D eigenvalue weighted by Crippen LogP contribution is 2.41. The van der Waals surface area contributed by atoms with Gasteiger partial charge in [0, 0.05) is 43.3 Å². The van der Waals surface area contributed by atoms with E-state index in [0.717, 1.165) is 12.5 Å². The predicted molar refractivity (Wildman–Crippen MR) is 172 cm³/mol. The molecule has 4 rings (SSSR count). The second-order valence-electron chi connectivity index (χ2n) is 12.6. The van der Waals surface area contributed by atoms with Crippen LogP contribution in [0, 0.1) is 5.92 Å². The van der Waals surface area contributed by atoms with Crippen molar-refractivity contribution < 1.29 is 4.84 Å². The molecule has 0 amide bonds. The van der Waals surface area contributed by atoms with E-state index in [9.17, 15) is 0 Å². The molecule has 0 bridgehead atoms. The summed E-state index contributed by atoms with van der Waals surface area (Å²) in [6, 6.07) is 9.17. The van der Waals surface area contributed by atoms with Crippen molar-refractivity contribution in [1.29, 1.82) is 0 Å². The summed E-state index contributed by atoms with van der Waals surface area (Å²) in [5.41, 5.74) is 2.75. The maximum Gasteiger partial charge on any atom is 0.0837 e. The van der Waals surface area contributed by atoms with Gasteiger partial charge < -0.3 is 0 Å². The molecule has 0 N–H and O–H groups in total. The van der Waals surface area contributed by atoms with Gasteiger partial charge in [0.15, 0.2) is 0 Å². The first-order chi connectivity index (χ1) is 20.4. The molecule has 0 radical (unpaired) electrons. The quantitative estimate of drug-likeness (QED) is 0.106. The summed E-state index contributed by atoms with van der Waals surface area (Å²) in [5.74, 6) is 0.792. The molecular weight excluding hydrogens is 502 g/mol. The highest BCUT2D eigenvalue weighted by Gasteiger charge is 2.44. The summed E-state index contributed by atoms with van der Waals surface area (Å²) in [6.07, 6.45) is 40.6. The fourth-order valence-corrected chi connectivity index (χ4v) is 6.95. The molecule has 2 aromatic rings. The molecule has 4 nitrogen and oxygen atoms in total. The van der Waals surface area contributed by atoms with E-state index in [1.807, 2.05) is 36.9 Å². The predicted octanol–water partition coefficient (Wildman–Crippen LogP) is 9.84. The zero-order valence-corrected chi connectivity index (χ0v) is 25.8. The molecule has 226 valence electrons. The molecule has 1 aliphatic carbocycles. The average Bonchev–Trinajstić information content (AvgIpc) is 3.62. The van der Waals surface area contributed by atoms with Crippen LogP contribution in [-0.2, 0) is 17.7 Å². The van der Waals surface area contributed by atoms with E-state index in [1.54, 1.807) is 0 Å². The van der Waals surface area contributed by atoms with E-state index >= 15 is 0 Å². The highest BCUT2D eigenvalue weighted by molar-refractivity contribution is 5.08. The van der Waals surface area contributed by atoms with Crippen molar-refractivity contribution in [3.05, 3.63) is 72.3 Å². The number of allylic oxidation sites excluding steroid dienone is 2. The summed E-state index contributed by atoms with van der Waals surface area (Å²) in [5, 5.41) is 2.41. The van der Waals surface area contributed by atoms with Gasteiger partial charge in [0.05, 0.1) is 6.10 Å². The molecule has 3 heterocycles. The zero-order chi connectivity index (χ0) is 28.2. The molecule has 41 heavy (non-hydrogen) atoms. The van der Waals surface area contributed by atoms with Gasteiger partial charge in [0.25, 0.3) is 0 Å². The van der Waals surface area contributed by atoms with Gasteiger partial charge in [-0.3, -0.25) is 14.8 Å². The third kappa shape index (κ3) is 12.4. The van der Waals surface area contributed by atoms with Crippen LogP contribution >= 0.6 is 0 Å². The summed E-state index contributed by atoms with van der Waals surface area (Å²) < 4.78 is 0. The smallest absolute Gasteiger partial charge is 0.0837 e. The number of rotatable bonds is 22. The number of fused-ring (bicyclic) bond motifs is 1. The third-order valence-electron chi connectivity index (χ3n) is 9.30. The summed E-state index contributed by atoms with van der Waals surface area (Å²) in [7, 11) is 0. The summed E-state index contributed by atoms with van der Waals surface area (Å²) in [6.45, 7) is 1.11. The molecule has 2 aliphatic rings. The number of aryl methyl sites for hydroxylation is 2. The van der Waals surface area contributed by atoms with Crippen molar-refractivity contribution in [3.8, 4) is 0 Å². The molecule has 3 atom stereocenters. The van der Waals surface area contributed by atoms with Crippen molar-refractivity contribution in [1.82, 2.24) is 15.0 Å². The Morgan fingerprint density at radius 3 is 1.90 bits per heavy atom. The Morgan fingerprint density at radius 1 is 0.683 bits per heavy atom. The molecule has 1 saturated heterocycles. The lowest BCUT2D eigenvalue weighted by molar-refractivity contribution is -0.166. The van der Waals surface area contributed by atoms with Crippen molar-refractivity contribution in [2.45, 2.75) is 147 Å². The van der Waals surface area contributed by atoms with Gasteiger partial charge in [0.1, 0.15) is 0 Å². The van der Waals surface area contributed by atoms with Gasteiger partial charge >= 0.3 is 0 Å². The molecule has 1 aliphatic heterocycles. The second kappa shape index (κ2) is 20.0. The van der Waals surface area contributed by atoms with Gasteiger partial charge in [-0.15, -0.1) is 0 Å². The van der Waals surface area contributed by atoms with Crippen molar-refractivity contribution >= 4 is 0 Å². The van der Waals surface area contributed by atoms with E-state index in [1.165, 1.54) is 146 Å². The van der Waals surface area contributed by atoms with E-state index in [2.05, 4.69) is 39.3 Å². The van der Waals surface area contributed by atoms with Gasteiger partial charge in [-0.2, -0.15) is 5.06 Å². The van der Waals surface area contributed by atoms with Gasteiger partial charge in [-0.25, -0.2) is 0 Å². The first-order valence-corrected chi connectivity index (χ1v) is 17.3. The number of aromatic nitrogens is 2.